The topological polar surface area (TPSA) is 38.7 Å². The van der Waals surface area contributed by atoms with Crippen molar-refractivity contribution in [3.8, 4) is 0 Å². The Morgan fingerprint density at radius 2 is 2.30 bits per heavy atom. The minimum absolute atomic E-state index is 0.108. The Kier molecular flexibility index (Phi) is 2.65. The third kappa shape index (κ3) is 1.94. The van der Waals surface area contributed by atoms with Gasteiger partial charge in [-0.15, -0.1) is 0 Å². The number of hydrogen-bond acceptors (Lipinski definition) is 3. The molecule has 0 amide bonds. The van der Waals surface area contributed by atoms with E-state index in [4.69, 9.17) is 14.6 Å². The molecule has 0 aromatic carbocycles. The third-order valence-corrected chi connectivity index (χ3v) is 1.59. The van der Waals surface area contributed by atoms with Gasteiger partial charge in [-0.3, -0.25) is 0 Å². The van der Waals surface area contributed by atoms with Crippen molar-refractivity contribution in [2.75, 3.05) is 33.0 Å². The van der Waals surface area contributed by atoms with Crippen LogP contribution < -0.4 is 0 Å². The zero-order chi connectivity index (χ0) is 7.45. The van der Waals surface area contributed by atoms with Gasteiger partial charge in [-0.25, -0.2) is 0 Å². The van der Waals surface area contributed by atoms with Crippen molar-refractivity contribution < 1.29 is 14.6 Å². The average Bonchev–Trinajstić information content (AvgIpc) is 1.85. The first-order valence-corrected chi connectivity index (χ1v) is 3.53. The molecule has 0 aromatic heterocycles. The molecule has 1 rings (SSSR count). The Hall–Kier alpha value is -0.120. The van der Waals surface area contributed by atoms with Gasteiger partial charge in [-0.05, 0) is 0 Å². The first kappa shape index (κ1) is 7.98. The van der Waals surface area contributed by atoms with Gasteiger partial charge < -0.3 is 14.6 Å². The lowest BCUT2D eigenvalue weighted by Gasteiger charge is -2.37. The average molecular weight is 146 g/mol. The molecule has 0 spiro atoms. The lowest BCUT2D eigenvalue weighted by atomic mass is 9.90. The summed E-state index contributed by atoms with van der Waals surface area (Å²) in [6.07, 6.45) is 0. The number of hydrogen-bond donors (Lipinski definition) is 1. The Labute approximate surface area is 60.9 Å². The van der Waals surface area contributed by atoms with Gasteiger partial charge >= 0.3 is 0 Å². The number of ether oxygens (including phenoxy) is 2. The molecule has 10 heavy (non-hydrogen) atoms. The van der Waals surface area contributed by atoms with Crippen LogP contribution in [0.15, 0.2) is 0 Å². The molecule has 60 valence electrons. The summed E-state index contributed by atoms with van der Waals surface area (Å²) in [4.78, 5) is 0. The molecule has 1 N–H and O–H groups in total. The van der Waals surface area contributed by atoms with Gasteiger partial charge in [0, 0.05) is 5.41 Å². The van der Waals surface area contributed by atoms with Crippen LogP contribution in [0, 0.1) is 5.41 Å². The van der Waals surface area contributed by atoms with Crippen LogP contribution in [0.2, 0.25) is 0 Å². The van der Waals surface area contributed by atoms with E-state index in [1.165, 1.54) is 0 Å². The SMILES string of the molecule is CC1(COCCO)COC1. The van der Waals surface area contributed by atoms with Crippen LogP contribution in [-0.4, -0.2) is 38.1 Å². The van der Waals surface area contributed by atoms with Gasteiger partial charge in [-0.1, -0.05) is 6.92 Å². The van der Waals surface area contributed by atoms with Gasteiger partial charge in [0.05, 0.1) is 33.0 Å². The summed E-state index contributed by atoms with van der Waals surface area (Å²) in [7, 11) is 0. The zero-order valence-electron chi connectivity index (χ0n) is 6.30. The summed E-state index contributed by atoms with van der Waals surface area (Å²) in [5.74, 6) is 0. The Morgan fingerprint density at radius 1 is 1.60 bits per heavy atom. The molecule has 1 heterocycles. The van der Waals surface area contributed by atoms with Crippen LogP contribution in [0.4, 0.5) is 0 Å². The molecule has 0 bridgehead atoms. The highest BCUT2D eigenvalue weighted by Gasteiger charge is 2.33. The molecule has 1 saturated heterocycles. The third-order valence-electron chi connectivity index (χ3n) is 1.59. The van der Waals surface area contributed by atoms with Gasteiger partial charge in [-0.2, -0.15) is 0 Å². The quantitative estimate of drug-likeness (QED) is 0.569. The van der Waals surface area contributed by atoms with E-state index in [0.29, 0.717) is 13.2 Å². The standard InChI is InChI=1S/C7H14O3/c1-7(5-10-6-7)4-9-3-2-8/h8H,2-6H2,1H3. The maximum absolute atomic E-state index is 8.40. The second-order valence-corrected chi connectivity index (χ2v) is 3.08. The van der Waals surface area contributed by atoms with Crippen molar-refractivity contribution >= 4 is 0 Å². The van der Waals surface area contributed by atoms with Gasteiger partial charge in [0.2, 0.25) is 0 Å². The van der Waals surface area contributed by atoms with Crippen molar-refractivity contribution in [1.29, 1.82) is 0 Å². The van der Waals surface area contributed by atoms with Gasteiger partial charge in [0.25, 0.3) is 0 Å². The van der Waals surface area contributed by atoms with Crippen LogP contribution in [0.25, 0.3) is 0 Å². The normalized spacial score (nSPS) is 22.2. The molecule has 1 fully saturated rings. The largest absolute Gasteiger partial charge is 0.394 e. The molecule has 3 heteroatoms. The van der Waals surface area contributed by atoms with Crippen molar-refractivity contribution in [3.05, 3.63) is 0 Å². The van der Waals surface area contributed by atoms with Crippen LogP contribution in [-0.2, 0) is 9.47 Å². The monoisotopic (exact) mass is 146 g/mol. The van der Waals surface area contributed by atoms with E-state index in [9.17, 15) is 0 Å². The van der Waals surface area contributed by atoms with E-state index >= 15 is 0 Å². The summed E-state index contributed by atoms with van der Waals surface area (Å²) >= 11 is 0. The van der Waals surface area contributed by atoms with Crippen LogP contribution in [0.5, 0.6) is 0 Å². The summed E-state index contributed by atoms with van der Waals surface area (Å²) in [5.41, 5.74) is 0.217. The predicted molar refractivity (Wildman–Crippen MR) is 36.8 cm³/mol. The second-order valence-electron chi connectivity index (χ2n) is 3.08. The van der Waals surface area contributed by atoms with Crippen molar-refractivity contribution in [1.82, 2.24) is 0 Å². The highest BCUT2D eigenvalue weighted by atomic mass is 16.5. The second kappa shape index (κ2) is 3.32. The Morgan fingerprint density at radius 3 is 2.70 bits per heavy atom. The summed E-state index contributed by atoms with van der Waals surface area (Å²) in [5, 5.41) is 8.40. The minimum atomic E-state index is 0.108. The fraction of sp³-hybridized carbons (Fsp3) is 1.00. The van der Waals surface area contributed by atoms with Crippen molar-refractivity contribution in [2.45, 2.75) is 6.92 Å². The van der Waals surface area contributed by atoms with Crippen LogP contribution in [0.3, 0.4) is 0 Å². The molecule has 0 aromatic rings. The zero-order valence-corrected chi connectivity index (χ0v) is 6.30. The smallest absolute Gasteiger partial charge is 0.0698 e. The van der Waals surface area contributed by atoms with E-state index in [1.807, 2.05) is 0 Å². The first-order chi connectivity index (χ1) is 4.77. The lowest BCUT2D eigenvalue weighted by molar-refractivity contribution is -0.139. The maximum atomic E-state index is 8.40. The molecular weight excluding hydrogens is 132 g/mol. The minimum Gasteiger partial charge on any atom is -0.394 e. The van der Waals surface area contributed by atoms with E-state index in [0.717, 1.165) is 13.2 Å². The highest BCUT2D eigenvalue weighted by Crippen LogP contribution is 2.26. The molecule has 0 unspecified atom stereocenters. The Bertz CT molecular complexity index is 99.0. The number of aliphatic hydroxyl groups excluding tert-OH is 1. The van der Waals surface area contributed by atoms with Crippen LogP contribution in [0.1, 0.15) is 6.92 Å². The lowest BCUT2D eigenvalue weighted by Crippen LogP contribution is -2.43. The van der Waals surface area contributed by atoms with Gasteiger partial charge in [0.15, 0.2) is 0 Å². The van der Waals surface area contributed by atoms with Gasteiger partial charge in [0.1, 0.15) is 0 Å². The molecule has 0 radical (unpaired) electrons. The van der Waals surface area contributed by atoms with E-state index in [-0.39, 0.29) is 12.0 Å². The molecule has 1 aliphatic heterocycles. The van der Waals surface area contributed by atoms with E-state index < -0.39 is 0 Å². The highest BCUT2D eigenvalue weighted by molar-refractivity contribution is 4.79. The molecule has 1 aliphatic rings. The fourth-order valence-electron chi connectivity index (χ4n) is 0.917. The molecule has 0 saturated carbocycles. The van der Waals surface area contributed by atoms with E-state index in [2.05, 4.69) is 6.92 Å². The maximum Gasteiger partial charge on any atom is 0.0698 e. The Balaban J connectivity index is 2.01. The molecule has 0 aliphatic carbocycles. The number of aliphatic hydroxyl groups is 1. The molecule has 3 nitrogen and oxygen atoms in total. The first-order valence-electron chi connectivity index (χ1n) is 3.53. The molecular formula is C7H14O3. The van der Waals surface area contributed by atoms with Crippen LogP contribution >= 0.6 is 0 Å². The summed E-state index contributed by atoms with van der Waals surface area (Å²) < 4.78 is 10.2. The number of rotatable bonds is 4. The summed E-state index contributed by atoms with van der Waals surface area (Å²) in [6, 6.07) is 0. The predicted octanol–water partition coefficient (Wildman–Crippen LogP) is 0.0318. The summed E-state index contributed by atoms with van der Waals surface area (Å²) in [6.45, 7) is 4.95. The van der Waals surface area contributed by atoms with E-state index in [1.54, 1.807) is 0 Å². The molecule has 0 atom stereocenters. The van der Waals surface area contributed by atoms with Crippen molar-refractivity contribution in [2.24, 2.45) is 5.41 Å². The van der Waals surface area contributed by atoms with Crippen molar-refractivity contribution in [3.63, 3.8) is 0 Å². The fourth-order valence-corrected chi connectivity index (χ4v) is 0.917.